The number of fused-ring (bicyclic) bond motifs is 1. The van der Waals surface area contributed by atoms with E-state index in [4.69, 9.17) is 0 Å². The number of carbonyl (C=O) groups excluding carboxylic acids is 3. The van der Waals surface area contributed by atoms with Gasteiger partial charge in [-0.05, 0) is 24.6 Å². The van der Waals surface area contributed by atoms with Crippen molar-refractivity contribution in [3.05, 3.63) is 64.5 Å². The predicted octanol–water partition coefficient (Wildman–Crippen LogP) is 3.75. The van der Waals surface area contributed by atoms with E-state index in [-0.39, 0.29) is 23.2 Å². The first-order valence-corrected chi connectivity index (χ1v) is 8.29. The Labute approximate surface area is 152 Å². The highest BCUT2D eigenvalue weighted by Gasteiger charge is 2.35. The third-order valence-corrected chi connectivity index (χ3v) is 4.23. The van der Waals surface area contributed by atoms with Crippen molar-refractivity contribution in [1.82, 2.24) is 4.90 Å². The van der Waals surface area contributed by atoms with Gasteiger partial charge in [0.15, 0.2) is 11.6 Å². The summed E-state index contributed by atoms with van der Waals surface area (Å²) in [4.78, 5) is 38.1. The molecule has 1 N–H and O–H groups in total. The van der Waals surface area contributed by atoms with Crippen molar-refractivity contribution in [2.24, 2.45) is 0 Å². The van der Waals surface area contributed by atoms with E-state index in [0.29, 0.717) is 18.6 Å². The minimum Gasteiger partial charge on any atom is -0.319 e. The normalized spacial score (nSPS) is 13.1. The van der Waals surface area contributed by atoms with Crippen LogP contribution >= 0.6 is 0 Å². The van der Waals surface area contributed by atoms with Gasteiger partial charge in [-0.25, -0.2) is 13.2 Å². The molecular weight excluding hydrogens is 361 g/mol. The van der Waals surface area contributed by atoms with Crippen molar-refractivity contribution < 1.29 is 27.6 Å². The van der Waals surface area contributed by atoms with Crippen LogP contribution in [0.25, 0.3) is 0 Å². The SMILES string of the molecule is CCCCN1C(=O)c2ccc(C(=O)Nc3cc(F)c(F)cc3F)cc2C1=O. The second-order valence-corrected chi connectivity index (χ2v) is 6.08. The van der Waals surface area contributed by atoms with Crippen molar-refractivity contribution in [3.8, 4) is 0 Å². The molecule has 0 fully saturated rings. The van der Waals surface area contributed by atoms with E-state index < -0.39 is 40.9 Å². The number of rotatable bonds is 5. The van der Waals surface area contributed by atoms with Gasteiger partial charge in [-0.1, -0.05) is 13.3 Å². The Morgan fingerprint density at radius 3 is 2.33 bits per heavy atom. The first-order valence-electron chi connectivity index (χ1n) is 8.29. The molecular formula is C19H15F3N2O3. The zero-order valence-electron chi connectivity index (χ0n) is 14.3. The Balaban J connectivity index is 1.85. The van der Waals surface area contributed by atoms with Gasteiger partial charge in [0, 0.05) is 24.2 Å². The molecule has 0 unspecified atom stereocenters. The molecule has 1 aliphatic heterocycles. The van der Waals surface area contributed by atoms with E-state index in [1.807, 2.05) is 6.92 Å². The number of hydrogen-bond acceptors (Lipinski definition) is 3. The first-order chi connectivity index (χ1) is 12.8. The molecule has 0 aromatic heterocycles. The van der Waals surface area contributed by atoms with E-state index in [9.17, 15) is 27.6 Å². The highest BCUT2D eigenvalue weighted by atomic mass is 19.2. The molecule has 8 heteroatoms. The molecule has 0 saturated carbocycles. The lowest BCUT2D eigenvalue weighted by molar-refractivity contribution is 0.0652. The average molecular weight is 376 g/mol. The van der Waals surface area contributed by atoms with Crippen LogP contribution in [-0.4, -0.2) is 29.2 Å². The lowest BCUT2D eigenvalue weighted by Crippen LogP contribution is -2.30. The fraction of sp³-hybridized carbons (Fsp3) is 0.211. The van der Waals surface area contributed by atoms with E-state index in [0.717, 1.165) is 11.3 Å². The van der Waals surface area contributed by atoms with Crippen LogP contribution in [-0.2, 0) is 0 Å². The maximum Gasteiger partial charge on any atom is 0.261 e. The van der Waals surface area contributed by atoms with Crippen molar-refractivity contribution in [2.45, 2.75) is 19.8 Å². The monoisotopic (exact) mass is 376 g/mol. The maximum atomic E-state index is 13.7. The van der Waals surface area contributed by atoms with Gasteiger partial charge in [-0.15, -0.1) is 0 Å². The van der Waals surface area contributed by atoms with Gasteiger partial charge in [0.25, 0.3) is 17.7 Å². The highest BCUT2D eigenvalue weighted by Crippen LogP contribution is 2.25. The van der Waals surface area contributed by atoms with E-state index in [1.54, 1.807) is 0 Å². The van der Waals surface area contributed by atoms with Crippen LogP contribution in [0.5, 0.6) is 0 Å². The number of benzene rings is 2. The highest BCUT2D eigenvalue weighted by molar-refractivity contribution is 6.22. The number of hydrogen-bond donors (Lipinski definition) is 1. The second kappa shape index (κ2) is 7.22. The van der Waals surface area contributed by atoms with Crippen LogP contribution in [0.3, 0.4) is 0 Å². The van der Waals surface area contributed by atoms with Gasteiger partial charge in [0.1, 0.15) is 5.82 Å². The lowest BCUT2D eigenvalue weighted by Gasteiger charge is -2.12. The largest absolute Gasteiger partial charge is 0.319 e. The summed E-state index contributed by atoms with van der Waals surface area (Å²) in [6.45, 7) is 2.21. The van der Waals surface area contributed by atoms with Crippen LogP contribution < -0.4 is 5.32 Å². The Hall–Kier alpha value is -3.16. The van der Waals surface area contributed by atoms with Crippen LogP contribution in [0, 0.1) is 17.5 Å². The Morgan fingerprint density at radius 1 is 0.963 bits per heavy atom. The van der Waals surface area contributed by atoms with E-state index in [1.165, 1.54) is 18.2 Å². The number of anilines is 1. The minimum atomic E-state index is -1.38. The molecule has 0 bridgehead atoms. The molecule has 1 heterocycles. The lowest BCUT2D eigenvalue weighted by atomic mass is 10.1. The summed E-state index contributed by atoms with van der Waals surface area (Å²) >= 11 is 0. The van der Waals surface area contributed by atoms with E-state index in [2.05, 4.69) is 5.32 Å². The topological polar surface area (TPSA) is 66.5 Å². The van der Waals surface area contributed by atoms with Crippen molar-refractivity contribution in [1.29, 1.82) is 0 Å². The van der Waals surface area contributed by atoms with Crippen LogP contribution in [0.4, 0.5) is 18.9 Å². The Morgan fingerprint density at radius 2 is 1.63 bits per heavy atom. The molecule has 1 aliphatic rings. The smallest absolute Gasteiger partial charge is 0.261 e. The second-order valence-electron chi connectivity index (χ2n) is 6.08. The molecule has 0 spiro atoms. The fourth-order valence-electron chi connectivity index (χ4n) is 2.76. The fourth-order valence-corrected chi connectivity index (χ4v) is 2.76. The minimum absolute atomic E-state index is 0.0172. The molecule has 0 atom stereocenters. The number of amides is 3. The van der Waals surface area contributed by atoms with Crippen LogP contribution in [0.15, 0.2) is 30.3 Å². The average Bonchev–Trinajstić information content (AvgIpc) is 2.88. The molecule has 5 nitrogen and oxygen atoms in total. The third-order valence-electron chi connectivity index (χ3n) is 4.23. The van der Waals surface area contributed by atoms with Crippen LogP contribution in [0.2, 0.25) is 0 Å². The number of unbranched alkanes of at least 4 members (excludes halogenated alkanes) is 1. The summed E-state index contributed by atoms with van der Waals surface area (Å²) in [6, 6.07) is 4.73. The maximum absolute atomic E-state index is 13.7. The molecule has 27 heavy (non-hydrogen) atoms. The van der Waals surface area contributed by atoms with Gasteiger partial charge < -0.3 is 5.32 Å². The standard InChI is InChI=1S/C19H15F3N2O3/c1-2-3-6-24-18(26)11-5-4-10(7-12(11)19(24)27)17(25)23-16-9-14(21)13(20)8-15(16)22/h4-5,7-9H,2-3,6H2,1H3,(H,23,25). The summed E-state index contributed by atoms with van der Waals surface area (Å²) in [5.74, 6) is -5.58. The van der Waals surface area contributed by atoms with Gasteiger partial charge in [-0.2, -0.15) is 0 Å². The summed E-state index contributed by atoms with van der Waals surface area (Å²) < 4.78 is 39.9. The number of nitrogens with zero attached hydrogens (tertiary/aromatic N) is 1. The molecule has 140 valence electrons. The van der Waals surface area contributed by atoms with Gasteiger partial charge in [0.2, 0.25) is 0 Å². The third kappa shape index (κ3) is 3.42. The van der Waals surface area contributed by atoms with Gasteiger partial charge in [-0.3, -0.25) is 19.3 Å². The number of imide groups is 1. The van der Waals surface area contributed by atoms with Crippen LogP contribution in [0.1, 0.15) is 50.8 Å². The summed E-state index contributed by atoms with van der Waals surface area (Å²) in [5.41, 5.74) is -0.288. The summed E-state index contributed by atoms with van der Waals surface area (Å²) in [6.07, 6.45) is 1.47. The zero-order chi connectivity index (χ0) is 19.7. The van der Waals surface area contributed by atoms with E-state index >= 15 is 0 Å². The predicted molar refractivity (Wildman–Crippen MR) is 91.0 cm³/mol. The van der Waals surface area contributed by atoms with Gasteiger partial charge in [0.05, 0.1) is 16.8 Å². The molecule has 2 aromatic rings. The van der Waals surface area contributed by atoms with Crippen molar-refractivity contribution >= 4 is 23.4 Å². The van der Waals surface area contributed by atoms with Gasteiger partial charge >= 0.3 is 0 Å². The quantitative estimate of drug-likeness (QED) is 0.638. The molecule has 2 aromatic carbocycles. The Kier molecular flexibility index (Phi) is 4.98. The molecule has 3 rings (SSSR count). The number of halogens is 3. The molecule has 0 saturated heterocycles. The molecule has 0 radical (unpaired) electrons. The number of nitrogens with one attached hydrogen (secondary N) is 1. The van der Waals surface area contributed by atoms with Crippen molar-refractivity contribution in [2.75, 3.05) is 11.9 Å². The first kappa shape index (κ1) is 18.6. The zero-order valence-corrected chi connectivity index (χ0v) is 14.3. The Bertz CT molecular complexity index is 959. The summed E-state index contributed by atoms with van der Waals surface area (Å²) in [5, 5.41) is 2.13. The number of carbonyl (C=O) groups is 3. The molecule has 3 amide bonds. The van der Waals surface area contributed by atoms with Crippen molar-refractivity contribution in [3.63, 3.8) is 0 Å². The molecule has 0 aliphatic carbocycles. The summed E-state index contributed by atoms with van der Waals surface area (Å²) in [7, 11) is 0.